The summed E-state index contributed by atoms with van der Waals surface area (Å²) in [5.74, 6) is 0. The normalized spacial score (nSPS) is 19.0. The van der Waals surface area contributed by atoms with Gasteiger partial charge in [0.15, 0.2) is 0 Å². The molecule has 0 saturated carbocycles. The van der Waals surface area contributed by atoms with Gasteiger partial charge in [-0.15, -0.1) is 0 Å². The third kappa shape index (κ3) is 5.22. The first-order valence-electron chi connectivity index (χ1n) is 8.05. The molecule has 1 aromatic rings. The molecule has 1 aliphatic heterocycles. The molecule has 2 rings (SSSR count). The van der Waals surface area contributed by atoms with Crippen LogP contribution in [0.3, 0.4) is 0 Å². The van der Waals surface area contributed by atoms with Crippen LogP contribution in [0.15, 0.2) is 81.6 Å². The van der Waals surface area contributed by atoms with Gasteiger partial charge in [-0.1, -0.05) is 42.0 Å². The number of para-hydroxylation sites is 1. The summed E-state index contributed by atoms with van der Waals surface area (Å²) in [7, 11) is 2.08. The van der Waals surface area contributed by atoms with E-state index < -0.39 is 0 Å². The summed E-state index contributed by atoms with van der Waals surface area (Å²) in [6.45, 7) is 5.56. The zero-order chi connectivity index (χ0) is 17.4. The van der Waals surface area contributed by atoms with E-state index in [-0.39, 0.29) is 0 Å². The van der Waals surface area contributed by atoms with Crippen LogP contribution in [0.1, 0.15) is 13.8 Å². The van der Waals surface area contributed by atoms with Crippen LogP contribution >= 0.6 is 11.6 Å². The van der Waals surface area contributed by atoms with Gasteiger partial charge in [-0.25, -0.2) is 0 Å². The molecule has 0 unspecified atom stereocenters. The molecule has 0 radical (unpaired) electrons. The van der Waals surface area contributed by atoms with Gasteiger partial charge in [-0.3, -0.25) is 9.89 Å². The van der Waals surface area contributed by atoms with Gasteiger partial charge >= 0.3 is 0 Å². The van der Waals surface area contributed by atoms with Crippen molar-refractivity contribution in [3.05, 3.63) is 76.6 Å². The molecule has 126 valence electrons. The van der Waals surface area contributed by atoms with Crippen molar-refractivity contribution in [2.24, 2.45) is 4.99 Å². The Hall–Kier alpha value is -2.10. The van der Waals surface area contributed by atoms with Crippen molar-refractivity contribution < 1.29 is 0 Å². The van der Waals surface area contributed by atoms with Gasteiger partial charge < -0.3 is 5.32 Å². The molecule has 1 heterocycles. The van der Waals surface area contributed by atoms with E-state index in [1.807, 2.05) is 74.8 Å². The number of allylic oxidation sites excluding steroid dienone is 3. The van der Waals surface area contributed by atoms with Gasteiger partial charge in [0.25, 0.3) is 0 Å². The number of hydrogen-bond donors (Lipinski definition) is 1. The minimum absolute atomic E-state index is 0.774. The average Bonchev–Trinajstić information content (AvgIpc) is 2.60. The van der Waals surface area contributed by atoms with Crippen molar-refractivity contribution in [3.8, 4) is 0 Å². The maximum atomic E-state index is 6.60. The van der Waals surface area contributed by atoms with Crippen molar-refractivity contribution in [2.75, 3.05) is 25.5 Å². The number of rotatable bonds is 5. The fourth-order valence-corrected chi connectivity index (χ4v) is 2.65. The monoisotopic (exact) mass is 341 g/mol. The number of nitrogens with zero attached hydrogens (tertiary/aromatic N) is 2. The van der Waals surface area contributed by atoms with E-state index >= 15 is 0 Å². The van der Waals surface area contributed by atoms with Gasteiger partial charge in [0.2, 0.25) is 0 Å². The molecule has 24 heavy (non-hydrogen) atoms. The lowest BCUT2D eigenvalue weighted by atomic mass is 10.1. The predicted octanol–water partition coefficient (Wildman–Crippen LogP) is 4.97. The number of nitrogens with one attached hydrogen (secondary N) is 1. The van der Waals surface area contributed by atoms with E-state index in [1.54, 1.807) is 0 Å². The van der Waals surface area contributed by atoms with E-state index in [0.717, 1.165) is 40.7 Å². The summed E-state index contributed by atoms with van der Waals surface area (Å²) in [6.07, 6.45) is 9.77. The second kappa shape index (κ2) is 9.26. The highest BCUT2D eigenvalue weighted by Gasteiger charge is 2.18. The largest absolute Gasteiger partial charge is 0.361 e. The smallest absolute Gasteiger partial charge is 0.0583 e. The van der Waals surface area contributed by atoms with E-state index in [0.29, 0.717) is 0 Å². The number of halogens is 1. The summed E-state index contributed by atoms with van der Waals surface area (Å²) < 4.78 is 0. The first kappa shape index (κ1) is 18.2. The minimum atomic E-state index is 0.774. The first-order chi connectivity index (χ1) is 11.6. The van der Waals surface area contributed by atoms with Gasteiger partial charge in [-0.05, 0) is 39.1 Å². The molecule has 0 saturated heterocycles. The lowest BCUT2D eigenvalue weighted by Gasteiger charge is -2.26. The van der Waals surface area contributed by atoms with Crippen LogP contribution in [0.2, 0.25) is 0 Å². The van der Waals surface area contributed by atoms with Crippen molar-refractivity contribution >= 4 is 23.5 Å². The number of benzene rings is 1. The SMILES string of the molecule is C/C=C\C(=C/C)N=CC1=C(Cl)/C(=C/Nc2ccccc2)CN(C)C1. The van der Waals surface area contributed by atoms with Crippen LogP contribution in [-0.4, -0.2) is 31.3 Å². The summed E-state index contributed by atoms with van der Waals surface area (Å²) in [5, 5.41) is 4.08. The Morgan fingerprint density at radius 2 is 1.96 bits per heavy atom. The molecule has 1 N–H and O–H groups in total. The molecule has 3 nitrogen and oxygen atoms in total. The summed E-state index contributed by atoms with van der Waals surface area (Å²) in [4.78, 5) is 6.74. The molecule has 0 atom stereocenters. The molecule has 0 bridgehead atoms. The Bertz CT molecular complexity index is 697. The summed E-state index contributed by atoms with van der Waals surface area (Å²) in [6, 6.07) is 10.1. The number of hydrogen-bond acceptors (Lipinski definition) is 3. The molecular formula is C20H24ClN3. The lowest BCUT2D eigenvalue weighted by Crippen LogP contribution is -2.29. The maximum Gasteiger partial charge on any atom is 0.0583 e. The Morgan fingerprint density at radius 3 is 2.62 bits per heavy atom. The quantitative estimate of drug-likeness (QED) is 0.604. The third-order valence-electron chi connectivity index (χ3n) is 3.63. The van der Waals surface area contributed by atoms with E-state index in [4.69, 9.17) is 11.6 Å². The molecule has 1 aromatic carbocycles. The first-order valence-corrected chi connectivity index (χ1v) is 8.43. The van der Waals surface area contributed by atoms with Crippen molar-refractivity contribution in [1.82, 2.24) is 4.90 Å². The minimum Gasteiger partial charge on any atom is -0.361 e. The Kier molecular flexibility index (Phi) is 7.04. The topological polar surface area (TPSA) is 27.6 Å². The van der Waals surface area contributed by atoms with Crippen LogP contribution < -0.4 is 5.32 Å². The average molecular weight is 342 g/mol. The summed E-state index contributed by atoms with van der Waals surface area (Å²) in [5.41, 5.74) is 4.05. The Labute approximate surface area is 149 Å². The Morgan fingerprint density at radius 1 is 1.21 bits per heavy atom. The molecule has 0 aliphatic carbocycles. The molecule has 0 amide bonds. The van der Waals surface area contributed by atoms with Crippen molar-refractivity contribution in [3.63, 3.8) is 0 Å². The van der Waals surface area contributed by atoms with E-state index in [1.165, 1.54) is 0 Å². The molecule has 0 fully saturated rings. The van der Waals surface area contributed by atoms with E-state index in [9.17, 15) is 0 Å². The number of aliphatic imine (C=N–C) groups is 1. The number of likely N-dealkylation sites (N-methyl/N-ethyl adjacent to an activating group) is 1. The molecule has 1 aliphatic rings. The fourth-order valence-electron chi connectivity index (χ4n) is 2.43. The van der Waals surface area contributed by atoms with Crippen LogP contribution in [0.5, 0.6) is 0 Å². The molecule has 4 heteroatoms. The van der Waals surface area contributed by atoms with Crippen LogP contribution in [-0.2, 0) is 0 Å². The Balaban J connectivity index is 2.21. The standard InChI is InChI=1S/C20H24ClN3/c1-4-9-18(5-2)22-12-16-14-24(3)15-17(20(16)21)13-23-19-10-7-6-8-11-19/h4-13,23H,14-15H2,1-3H3/b9-4-,17-13+,18-5+,22-12?. The predicted molar refractivity (Wildman–Crippen MR) is 106 cm³/mol. The van der Waals surface area contributed by atoms with Crippen LogP contribution in [0, 0.1) is 0 Å². The fraction of sp³-hybridized carbons (Fsp3) is 0.250. The molecule has 0 spiro atoms. The zero-order valence-corrected chi connectivity index (χ0v) is 15.2. The third-order valence-corrected chi connectivity index (χ3v) is 4.12. The highest BCUT2D eigenvalue weighted by Crippen LogP contribution is 2.25. The lowest BCUT2D eigenvalue weighted by molar-refractivity contribution is 0.391. The van der Waals surface area contributed by atoms with Gasteiger partial charge in [-0.2, -0.15) is 0 Å². The van der Waals surface area contributed by atoms with Crippen LogP contribution in [0.25, 0.3) is 0 Å². The molecule has 0 aromatic heterocycles. The second-order valence-electron chi connectivity index (χ2n) is 5.66. The van der Waals surface area contributed by atoms with Crippen molar-refractivity contribution in [2.45, 2.75) is 13.8 Å². The van der Waals surface area contributed by atoms with Gasteiger partial charge in [0.1, 0.15) is 0 Å². The number of anilines is 1. The second-order valence-corrected chi connectivity index (χ2v) is 6.04. The van der Waals surface area contributed by atoms with Gasteiger partial charge in [0.05, 0.1) is 10.7 Å². The maximum absolute atomic E-state index is 6.60. The van der Waals surface area contributed by atoms with Crippen LogP contribution in [0.4, 0.5) is 5.69 Å². The highest BCUT2D eigenvalue weighted by atomic mass is 35.5. The zero-order valence-electron chi connectivity index (χ0n) is 14.5. The summed E-state index contributed by atoms with van der Waals surface area (Å²) >= 11 is 6.60. The van der Waals surface area contributed by atoms with E-state index in [2.05, 4.69) is 22.3 Å². The van der Waals surface area contributed by atoms with Crippen molar-refractivity contribution in [1.29, 1.82) is 0 Å². The van der Waals surface area contributed by atoms with Gasteiger partial charge in [0, 0.05) is 42.3 Å². The highest BCUT2D eigenvalue weighted by molar-refractivity contribution is 6.34. The molecular weight excluding hydrogens is 318 g/mol.